The van der Waals surface area contributed by atoms with Crippen molar-refractivity contribution in [3.63, 3.8) is 0 Å². The molecule has 0 radical (unpaired) electrons. The summed E-state index contributed by atoms with van der Waals surface area (Å²) in [4.78, 5) is 41.3. The lowest BCUT2D eigenvalue weighted by molar-refractivity contribution is 0.0490. The molecule has 1 aliphatic rings. The summed E-state index contributed by atoms with van der Waals surface area (Å²) in [5.74, 6) is 0.212. The van der Waals surface area contributed by atoms with Crippen LogP contribution in [-0.2, 0) is 11.3 Å². The van der Waals surface area contributed by atoms with Gasteiger partial charge in [0.1, 0.15) is 5.60 Å². The molecule has 1 aliphatic carbocycles. The molecule has 0 bridgehead atoms. The van der Waals surface area contributed by atoms with E-state index in [1.54, 1.807) is 11.3 Å². The molecule has 0 unspecified atom stereocenters. The van der Waals surface area contributed by atoms with Crippen LogP contribution in [0, 0.1) is 26.7 Å². The second-order valence-electron chi connectivity index (χ2n) is 10.7. The first kappa shape index (κ1) is 27.7. The molecule has 36 heavy (non-hydrogen) atoms. The molecule has 2 aromatic heterocycles. The van der Waals surface area contributed by atoms with Crippen LogP contribution < -0.4 is 16.2 Å². The van der Waals surface area contributed by atoms with Crippen molar-refractivity contribution in [3.05, 3.63) is 60.7 Å². The number of carbonyl (C=O) groups excluding carboxylic acids is 2. The van der Waals surface area contributed by atoms with Crippen LogP contribution in [0.15, 0.2) is 22.3 Å². The zero-order chi connectivity index (χ0) is 26.6. The fraction of sp³-hybridized carbons (Fsp3) is 0.536. The first-order chi connectivity index (χ1) is 16.9. The van der Waals surface area contributed by atoms with E-state index in [-0.39, 0.29) is 30.1 Å². The summed E-state index contributed by atoms with van der Waals surface area (Å²) in [6, 6.07) is 2.03. The van der Waals surface area contributed by atoms with Crippen LogP contribution in [0.25, 0.3) is 5.57 Å². The molecule has 1 fully saturated rings. The first-order valence-corrected chi connectivity index (χ1v) is 13.5. The minimum atomic E-state index is -0.505. The van der Waals surface area contributed by atoms with Crippen LogP contribution in [0.3, 0.4) is 0 Å². The van der Waals surface area contributed by atoms with Crippen LogP contribution in [0.5, 0.6) is 0 Å². The highest BCUT2D eigenvalue weighted by Gasteiger charge is 2.28. The predicted molar refractivity (Wildman–Crippen MR) is 146 cm³/mol. The minimum absolute atomic E-state index is 0.119. The van der Waals surface area contributed by atoms with Crippen molar-refractivity contribution in [1.82, 2.24) is 15.6 Å². The summed E-state index contributed by atoms with van der Waals surface area (Å²) in [6.07, 6.45) is 5.52. The largest absolute Gasteiger partial charge is 0.444 e. The first-order valence-electron chi connectivity index (χ1n) is 12.6. The number of pyridine rings is 1. The van der Waals surface area contributed by atoms with Crippen LogP contribution in [0.2, 0.25) is 0 Å². The number of aromatic amines is 1. The number of aromatic nitrogens is 1. The van der Waals surface area contributed by atoms with Crippen molar-refractivity contribution >= 4 is 28.9 Å². The molecule has 7 nitrogen and oxygen atoms in total. The Balaban J connectivity index is 1.63. The molecular formula is C28H39N3O4S. The van der Waals surface area contributed by atoms with Crippen LogP contribution in [-0.4, -0.2) is 28.6 Å². The summed E-state index contributed by atoms with van der Waals surface area (Å²) in [6.45, 7) is 13.5. The van der Waals surface area contributed by atoms with Gasteiger partial charge in [0, 0.05) is 34.1 Å². The quantitative estimate of drug-likeness (QED) is 0.456. The molecule has 0 aromatic carbocycles. The molecule has 0 aliphatic heterocycles. The van der Waals surface area contributed by atoms with E-state index >= 15 is 0 Å². The van der Waals surface area contributed by atoms with Crippen molar-refractivity contribution in [3.8, 4) is 0 Å². The minimum Gasteiger partial charge on any atom is -0.444 e. The maximum atomic E-state index is 13.0. The Labute approximate surface area is 217 Å². The molecule has 2 aromatic rings. The zero-order valence-electron chi connectivity index (χ0n) is 22.5. The standard InChI is InChI=1S/C28H39N3O4S/c1-8-21(19-9-11-20(12-10-19)31-27(34)35-28(5,6)7)24-18(4)23(15-36-24)25(32)29-14-22-16(2)13-17(3)30-26(22)33/h8,13,15,19-20H,9-12,14H2,1-7H3,(H,29,32)(H,30,33)(H,31,34)/b21-8+. The summed E-state index contributed by atoms with van der Waals surface area (Å²) in [7, 11) is 0. The van der Waals surface area contributed by atoms with Gasteiger partial charge < -0.3 is 20.4 Å². The van der Waals surface area contributed by atoms with Gasteiger partial charge in [0.2, 0.25) is 0 Å². The van der Waals surface area contributed by atoms with Gasteiger partial charge in [0.25, 0.3) is 11.5 Å². The van der Waals surface area contributed by atoms with E-state index in [2.05, 4.69) is 21.7 Å². The van der Waals surface area contributed by atoms with Gasteiger partial charge >= 0.3 is 6.09 Å². The second-order valence-corrected chi connectivity index (χ2v) is 11.5. The van der Waals surface area contributed by atoms with Gasteiger partial charge in [-0.2, -0.15) is 0 Å². The van der Waals surface area contributed by atoms with Crippen LogP contribution in [0.1, 0.15) is 91.0 Å². The molecule has 3 N–H and O–H groups in total. The van der Waals surface area contributed by atoms with Crippen molar-refractivity contribution in [2.75, 3.05) is 0 Å². The van der Waals surface area contributed by atoms with E-state index in [4.69, 9.17) is 4.74 Å². The van der Waals surface area contributed by atoms with E-state index in [1.165, 1.54) is 5.57 Å². The van der Waals surface area contributed by atoms with E-state index in [9.17, 15) is 14.4 Å². The SMILES string of the molecule is C/C=C(/c1scc(C(=O)NCc2c(C)cc(C)[nH]c2=O)c1C)C1CCC(NC(=O)OC(C)(C)C)CC1. The molecule has 3 rings (SSSR count). The highest BCUT2D eigenvalue weighted by Crippen LogP contribution is 2.40. The number of amides is 2. The van der Waals surface area contributed by atoms with Crippen molar-refractivity contribution in [2.24, 2.45) is 5.92 Å². The van der Waals surface area contributed by atoms with Gasteiger partial charge in [-0.25, -0.2) is 4.79 Å². The lowest BCUT2D eigenvalue weighted by Gasteiger charge is -2.31. The molecule has 0 spiro atoms. The highest BCUT2D eigenvalue weighted by molar-refractivity contribution is 7.11. The Hall–Kier alpha value is -2.87. The molecular weight excluding hydrogens is 474 g/mol. The number of alkyl carbamates (subject to hydrolysis) is 1. The van der Waals surface area contributed by atoms with Crippen molar-refractivity contribution in [2.45, 2.75) is 92.3 Å². The fourth-order valence-electron chi connectivity index (χ4n) is 4.87. The molecule has 196 valence electrons. The number of hydrogen-bond donors (Lipinski definition) is 3. The Morgan fingerprint density at radius 2 is 1.83 bits per heavy atom. The maximum Gasteiger partial charge on any atom is 0.407 e. The van der Waals surface area contributed by atoms with Gasteiger partial charge in [-0.15, -0.1) is 11.3 Å². The number of carbonyl (C=O) groups is 2. The molecule has 2 heterocycles. The smallest absolute Gasteiger partial charge is 0.407 e. The second kappa shape index (κ2) is 11.5. The molecule has 8 heteroatoms. The predicted octanol–water partition coefficient (Wildman–Crippen LogP) is 5.78. The van der Waals surface area contributed by atoms with E-state index in [0.29, 0.717) is 17.0 Å². The number of nitrogens with one attached hydrogen (secondary N) is 3. The molecule has 1 saturated carbocycles. The summed E-state index contributed by atoms with van der Waals surface area (Å²) >= 11 is 1.59. The third-order valence-corrected chi connectivity index (χ3v) is 7.80. The van der Waals surface area contributed by atoms with E-state index in [1.807, 2.05) is 59.9 Å². The Morgan fingerprint density at radius 1 is 1.17 bits per heavy atom. The molecule has 2 amide bonds. The number of thiophene rings is 1. The number of allylic oxidation sites excluding steroid dienone is 2. The third kappa shape index (κ3) is 6.87. The number of H-pyrrole nitrogens is 1. The average molecular weight is 514 g/mol. The zero-order valence-corrected chi connectivity index (χ0v) is 23.3. The third-order valence-electron chi connectivity index (χ3n) is 6.66. The normalized spacial score (nSPS) is 18.6. The van der Waals surface area contributed by atoms with Crippen LogP contribution >= 0.6 is 11.3 Å². The van der Waals surface area contributed by atoms with Gasteiger partial charge in [0.05, 0.1) is 5.56 Å². The molecule has 0 saturated heterocycles. The number of hydrogen-bond acceptors (Lipinski definition) is 5. The van der Waals surface area contributed by atoms with Crippen molar-refractivity contribution < 1.29 is 14.3 Å². The fourth-order valence-corrected chi connectivity index (χ4v) is 6.09. The topological polar surface area (TPSA) is 100 Å². The van der Waals surface area contributed by atoms with Gasteiger partial charge in [-0.3, -0.25) is 9.59 Å². The average Bonchev–Trinajstić information content (AvgIpc) is 3.14. The Bertz CT molecular complexity index is 1190. The van der Waals surface area contributed by atoms with E-state index < -0.39 is 5.60 Å². The molecule has 0 atom stereocenters. The lowest BCUT2D eigenvalue weighted by atomic mass is 9.80. The van der Waals surface area contributed by atoms with Crippen LogP contribution in [0.4, 0.5) is 4.79 Å². The Morgan fingerprint density at radius 3 is 2.42 bits per heavy atom. The summed E-state index contributed by atoms with van der Waals surface area (Å²) in [5.41, 5.74) is 4.46. The number of aryl methyl sites for hydroxylation is 2. The Kier molecular flexibility index (Phi) is 8.82. The highest BCUT2D eigenvalue weighted by atomic mass is 32.1. The summed E-state index contributed by atoms with van der Waals surface area (Å²) < 4.78 is 5.40. The number of ether oxygens (including phenoxy) is 1. The van der Waals surface area contributed by atoms with Gasteiger partial charge in [-0.1, -0.05) is 6.08 Å². The van der Waals surface area contributed by atoms with Gasteiger partial charge in [0.15, 0.2) is 0 Å². The lowest BCUT2D eigenvalue weighted by Crippen LogP contribution is -2.41. The maximum absolute atomic E-state index is 13.0. The monoisotopic (exact) mass is 513 g/mol. The number of rotatable bonds is 6. The van der Waals surface area contributed by atoms with Gasteiger partial charge in [-0.05, 0) is 103 Å². The van der Waals surface area contributed by atoms with Crippen molar-refractivity contribution in [1.29, 1.82) is 0 Å². The van der Waals surface area contributed by atoms with E-state index in [0.717, 1.165) is 47.4 Å². The summed E-state index contributed by atoms with van der Waals surface area (Å²) in [5, 5.41) is 7.84.